The molecule has 0 aromatic heterocycles. The molecular formula is C24H32N2O2. The zero-order valence-electron chi connectivity index (χ0n) is 18.1. The zero-order valence-corrected chi connectivity index (χ0v) is 18.1. The number of aryl methyl sites for hydroxylation is 1. The number of nitrogens with two attached hydrogens (primary N) is 2. The standard InChI is InChI=1S/C24H32N2O2/c1-8-14-11-16(24(5,6)7)13-19(26)20(14)22(28)21(27)17-12-15(23(2,3)4)9-10-18(17)25/h9-13H,8,25-26H2,1-7H3. The van der Waals surface area contributed by atoms with Gasteiger partial charge in [-0.2, -0.15) is 0 Å². The number of benzene rings is 2. The van der Waals surface area contributed by atoms with Crippen LogP contribution in [0.5, 0.6) is 0 Å². The van der Waals surface area contributed by atoms with Gasteiger partial charge in [0.15, 0.2) is 0 Å². The van der Waals surface area contributed by atoms with Crippen molar-refractivity contribution in [3.63, 3.8) is 0 Å². The maximum Gasteiger partial charge on any atom is 0.235 e. The lowest BCUT2D eigenvalue weighted by atomic mass is 9.82. The molecule has 0 heterocycles. The van der Waals surface area contributed by atoms with Gasteiger partial charge in [0.2, 0.25) is 11.6 Å². The lowest BCUT2D eigenvalue weighted by Crippen LogP contribution is -2.22. The predicted molar refractivity (Wildman–Crippen MR) is 117 cm³/mol. The minimum atomic E-state index is -0.617. The summed E-state index contributed by atoms with van der Waals surface area (Å²) in [5.41, 5.74) is 16.0. The average Bonchev–Trinajstić information content (AvgIpc) is 2.58. The van der Waals surface area contributed by atoms with Crippen molar-refractivity contribution in [1.82, 2.24) is 0 Å². The molecule has 0 aliphatic rings. The second-order valence-corrected chi connectivity index (χ2v) is 9.41. The smallest absolute Gasteiger partial charge is 0.235 e. The van der Waals surface area contributed by atoms with E-state index in [4.69, 9.17) is 11.5 Å². The molecule has 2 aromatic carbocycles. The van der Waals surface area contributed by atoms with Gasteiger partial charge in [0.25, 0.3) is 0 Å². The van der Waals surface area contributed by atoms with Crippen molar-refractivity contribution in [3.05, 3.63) is 58.1 Å². The first-order valence-corrected chi connectivity index (χ1v) is 9.69. The van der Waals surface area contributed by atoms with E-state index in [1.807, 2.05) is 39.8 Å². The molecule has 0 radical (unpaired) electrons. The van der Waals surface area contributed by atoms with Gasteiger partial charge in [-0.15, -0.1) is 0 Å². The topological polar surface area (TPSA) is 86.2 Å². The van der Waals surface area contributed by atoms with Gasteiger partial charge in [0.1, 0.15) is 0 Å². The second kappa shape index (κ2) is 7.42. The van der Waals surface area contributed by atoms with Crippen LogP contribution in [-0.4, -0.2) is 11.6 Å². The highest BCUT2D eigenvalue weighted by Crippen LogP contribution is 2.31. The lowest BCUT2D eigenvalue weighted by Gasteiger charge is -2.23. The van der Waals surface area contributed by atoms with Gasteiger partial charge in [-0.1, -0.05) is 60.6 Å². The van der Waals surface area contributed by atoms with Crippen LogP contribution in [0.1, 0.15) is 85.9 Å². The number of hydrogen-bond donors (Lipinski definition) is 2. The van der Waals surface area contributed by atoms with Gasteiger partial charge in [0.05, 0.1) is 5.56 Å². The van der Waals surface area contributed by atoms with Gasteiger partial charge in [-0.05, 0) is 52.1 Å². The first-order valence-electron chi connectivity index (χ1n) is 9.69. The average molecular weight is 381 g/mol. The third kappa shape index (κ3) is 4.27. The Morgan fingerprint density at radius 3 is 1.86 bits per heavy atom. The number of nitrogen functional groups attached to an aromatic ring is 2. The third-order valence-electron chi connectivity index (χ3n) is 5.09. The number of rotatable bonds is 4. The fourth-order valence-electron chi connectivity index (χ4n) is 3.17. The molecule has 4 nitrogen and oxygen atoms in total. The summed E-state index contributed by atoms with van der Waals surface area (Å²) in [7, 11) is 0. The summed E-state index contributed by atoms with van der Waals surface area (Å²) in [5, 5.41) is 0. The molecule has 4 heteroatoms. The quantitative estimate of drug-likeness (QED) is 0.440. The number of anilines is 2. The van der Waals surface area contributed by atoms with Crippen LogP contribution < -0.4 is 11.5 Å². The van der Waals surface area contributed by atoms with Crippen LogP contribution in [-0.2, 0) is 17.3 Å². The fourth-order valence-corrected chi connectivity index (χ4v) is 3.17. The molecule has 4 N–H and O–H groups in total. The summed E-state index contributed by atoms with van der Waals surface area (Å²) in [5.74, 6) is -1.22. The molecule has 0 aliphatic carbocycles. The predicted octanol–water partition coefficient (Wildman–Crippen LogP) is 5.07. The molecule has 2 rings (SSSR count). The molecule has 2 aromatic rings. The molecule has 0 fully saturated rings. The Bertz CT molecular complexity index is 929. The monoisotopic (exact) mass is 380 g/mol. The first-order chi connectivity index (χ1) is 12.8. The highest BCUT2D eigenvalue weighted by Gasteiger charge is 2.28. The largest absolute Gasteiger partial charge is 0.398 e. The van der Waals surface area contributed by atoms with E-state index in [-0.39, 0.29) is 16.4 Å². The minimum Gasteiger partial charge on any atom is -0.398 e. The highest BCUT2D eigenvalue weighted by molar-refractivity contribution is 6.51. The van der Waals surface area contributed by atoms with E-state index in [0.717, 1.165) is 16.7 Å². The summed E-state index contributed by atoms with van der Waals surface area (Å²) >= 11 is 0. The van der Waals surface area contributed by atoms with Gasteiger partial charge < -0.3 is 11.5 Å². The van der Waals surface area contributed by atoms with Gasteiger partial charge in [-0.3, -0.25) is 9.59 Å². The van der Waals surface area contributed by atoms with Gasteiger partial charge >= 0.3 is 0 Å². The molecule has 0 aliphatic heterocycles. The maximum absolute atomic E-state index is 13.1. The molecule has 150 valence electrons. The number of carbonyl (C=O) groups is 2. The van der Waals surface area contributed by atoms with Crippen LogP contribution in [0.25, 0.3) is 0 Å². The minimum absolute atomic E-state index is 0.102. The zero-order chi connectivity index (χ0) is 21.4. The number of Topliss-reactive ketones (excluding diaryl/α,β-unsaturated/α-hetero) is 2. The molecule has 28 heavy (non-hydrogen) atoms. The molecule has 0 atom stereocenters. The Morgan fingerprint density at radius 2 is 1.36 bits per heavy atom. The van der Waals surface area contributed by atoms with Crippen LogP contribution in [0.15, 0.2) is 30.3 Å². The van der Waals surface area contributed by atoms with Gasteiger partial charge in [0, 0.05) is 16.9 Å². The number of carbonyl (C=O) groups excluding carboxylic acids is 2. The van der Waals surface area contributed by atoms with E-state index in [2.05, 4.69) is 20.8 Å². The van der Waals surface area contributed by atoms with Crippen LogP contribution in [0, 0.1) is 0 Å². The van der Waals surface area contributed by atoms with E-state index in [1.165, 1.54) is 0 Å². The second-order valence-electron chi connectivity index (χ2n) is 9.41. The van der Waals surface area contributed by atoms with E-state index in [9.17, 15) is 9.59 Å². The molecule has 0 bridgehead atoms. The van der Waals surface area contributed by atoms with E-state index >= 15 is 0 Å². The van der Waals surface area contributed by atoms with Crippen LogP contribution in [0.4, 0.5) is 11.4 Å². The highest BCUT2D eigenvalue weighted by atomic mass is 16.2. The summed E-state index contributed by atoms with van der Waals surface area (Å²) in [6, 6.07) is 9.08. The van der Waals surface area contributed by atoms with Crippen molar-refractivity contribution < 1.29 is 9.59 Å². The SMILES string of the molecule is CCc1cc(C(C)(C)C)cc(N)c1C(=O)C(=O)c1cc(C(C)(C)C)ccc1N. The van der Waals surface area contributed by atoms with Crippen LogP contribution in [0.3, 0.4) is 0 Å². The van der Waals surface area contributed by atoms with Crippen LogP contribution in [0.2, 0.25) is 0 Å². The van der Waals surface area contributed by atoms with E-state index in [0.29, 0.717) is 23.4 Å². The lowest BCUT2D eigenvalue weighted by molar-refractivity contribution is 0.0817. The third-order valence-corrected chi connectivity index (χ3v) is 5.09. The molecule has 0 amide bonds. The number of hydrogen-bond acceptors (Lipinski definition) is 4. The van der Waals surface area contributed by atoms with Crippen LogP contribution >= 0.6 is 0 Å². The summed E-state index contributed by atoms with van der Waals surface area (Å²) in [6.07, 6.45) is 0.611. The van der Waals surface area contributed by atoms with Crippen molar-refractivity contribution in [3.8, 4) is 0 Å². The normalized spacial score (nSPS) is 12.1. The Morgan fingerprint density at radius 1 is 0.786 bits per heavy atom. The molecular weight excluding hydrogens is 348 g/mol. The van der Waals surface area contributed by atoms with Crippen molar-refractivity contribution in [1.29, 1.82) is 0 Å². The van der Waals surface area contributed by atoms with Crippen molar-refractivity contribution in [2.24, 2.45) is 0 Å². The molecule has 0 unspecified atom stereocenters. The Balaban J connectivity index is 2.57. The fraction of sp³-hybridized carbons (Fsp3) is 0.417. The maximum atomic E-state index is 13.1. The van der Waals surface area contributed by atoms with Crippen molar-refractivity contribution >= 4 is 22.9 Å². The number of ketones is 2. The van der Waals surface area contributed by atoms with E-state index in [1.54, 1.807) is 18.2 Å². The first kappa shape index (κ1) is 21.7. The Kier molecular flexibility index (Phi) is 5.74. The summed E-state index contributed by atoms with van der Waals surface area (Å²) in [4.78, 5) is 26.2. The Labute approximate surface area is 168 Å². The summed E-state index contributed by atoms with van der Waals surface area (Å²) in [6.45, 7) is 14.4. The van der Waals surface area contributed by atoms with E-state index < -0.39 is 11.6 Å². The van der Waals surface area contributed by atoms with Crippen molar-refractivity contribution in [2.75, 3.05) is 11.5 Å². The molecule has 0 spiro atoms. The Hall–Kier alpha value is -2.62. The van der Waals surface area contributed by atoms with Crippen molar-refractivity contribution in [2.45, 2.75) is 65.7 Å². The molecule has 0 saturated heterocycles. The molecule has 0 saturated carbocycles. The summed E-state index contributed by atoms with van der Waals surface area (Å²) < 4.78 is 0. The van der Waals surface area contributed by atoms with Gasteiger partial charge in [-0.25, -0.2) is 0 Å².